The molecule has 1 aliphatic carbocycles. The van der Waals surface area contributed by atoms with Crippen molar-refractivity contribution in [2.24, 2.45) is 0 Å². The maximum atomic E-state index is 14.5. The van der Waals surface area contributed by atoms with Crippen LogP contribution >= 0.6 is 0 Å². The third-order valence-corrected chi connectivity index (χ3v) is 6.72. The summed E-state index contributed by atoms with van der Waals surface area (Å²) in [6.07, 6.45) is 3.34. The van der Waals surface area contributed by atoms with Crippen molar-refractivity contribution in [1.29, 1.82) is 0 Å². The predicted molar refractivity (Wildman–Crippen MR) is 135 cm³/mol. The van der Waals surface area contributed by atoms with Crippen LogP contribution in [-0.4, -0.2) is 40.5 Å². The molecule has 3 aromatic carbocycles. The van der Waals surface area contributed by atoms with Gasteiger partial charge in [-0.15, -0.1) is 0 Å². The summed E-state index contributed by atoms with van der Waals surface area (Å²) in [5, 5.41) is 14.5. The lowest BCUT2D eigenvalue weighted by Crippen LogP contribution is -2.45. The number of urea groups is 1. The van der Waals surface area contributed by atoms with Crippen LogP contribution in [0.4, 0.5) is 20.6 Å². The number of halogens is 1. The summed E-state index contributed by atoms with van der Waals surface area (Å²) in [7, 11) is 0. The molecule has 0 bridgehead atoms. The number of likely N-dealkylation sites (tertiary alicyclic amines) is 1. The number of hydrogen-bond donors (Lipinski definition) is 3. The highest BCUT2D eigenvalue weighted by molar-refractivity contribution is 5.99. The highest BCUT2D eigenvalue weighted by Gasteiger charge is 2.34. The lowest BCUT2D eigenvalue weighted by Gasteiger charge is -2.24. The summed E-state index contributed by atoms with van der Waals surface area (Å²) in [4.78, 5) is 38.3. The van der Waals surface area contributed by atoms with Gasteiger partial charge in [0.15, 0.2) is 0 Å². The summed E-state index contributed by atoms with van der Waals surface area (Å²) in [5.41, 5.74) is 3.59. The van der Waals surface area contributed by atoms with Crippen LogP contribution in [0.1, 0.15) is 47.5 Å². The Kier molecular flexibility index (Phi) is 6.41. The lowest BCUT2D eigenvalue weighted by molar-refractivity contribution is -0.119. The Balaban J connectivity index is 1.21. The second kappa shape index (κ2) is 9.81. The van der Waals surface area contributed by atoms with E-state index in [2.05, 4.69) is 10.6 Å². The zero-order chi connectivity index (χ0) is 25.2. The Bertz CT molecular complexity index is 1300. The average Bonchev–Trinajstić information content (AvgIpc) is 3.61. The molecule has 2 fully saturated rings. The first-order valence-electron chi connectivity index (χ1n) is 12.0. The molecule has 0 unspecified atom stereocenters. The molecule has 3 aromatic rings. The first-order chi connectivity index (χ1) is 17.4. The van der Waals surface area contributed by atoms with E-state index in [1.807, 2.05) is 18.2 Å². The van der Waals surface area contributed by atoms with Gasteiger partial charge in [0.05, 0.1) is 11.3 Å². The Morgan fingerprint density at radius 3 is 2.14 bits per heavy atom. The van der Waals surface area contributed by atoms with Gasteiger partial charge in [0.1, 0.15) is 11.9 Å². The van der Waals surface area contributed by atoms with Crippen molar-refractivity contribution in [2.45, 2.75) is 37.6 Å². The Hall–Kier alpha value is -4.20. The largest absolute Gasteiger partial charge is 0.478 e. The number of amides is 3. The molecule has 2 aliphatic rings. The number of anilines is 2. The highest BCUT2D eigenvalue weighted by atomic mass is 19.1. The maximum Gasteiger partial charge on any atom is 0.335 e. The topological polar surface area (TPSA) is 98.7 Å². The zero-order valence-electron chi connectivity index (χ0n) is 19.5. The Morgan fingerprint density at radius 2 is 1.53 bits per heavy atom. The fraction of sp³-hybridized carbons (Fsp3) is 0.250. The number of carboxylic acids is 1. The van der Waals surface area contributed by atoms with Crippen LogP contribution in [0, 0.1) is 5.82 Å². The standard InChI is InChI=1S/C28H26FN3O4/c29-23-16-21(19-3-4-19)11-14-24(23)31-28(36)32-15-1-2-25(32)26(33)30-22-12-9-18(10-13-22)17-5-7-20(8-6-17)27(34)35/h5-14,16,19,25H,1-4,15H2,(H,30,33)(H,31,36)(H,34,35)/t25-/m1/s1. The molecule has 1 saturated heterocycles. The molecule has 0 aromatic heterocycles. The molecule has 3 amide bonds. The first-order valence-corrected chi connectivity index (χ1v) is 12.0. The number of benzene rings is 3. The summed E-state index contributed by atoms with van der Waals surface area (Å²) in [6.45, 7) is 0.414. The van der Waals surface area contributed by atoms with E-state index in [4.69, 9.17) is 5.11 Å². The van der Waals surface area contributed by atoms with Crippen molar-refractivity contribution in [3.63, 3.8) is 0 Å². The molecule has 1 saturated carbocycles. The van der Waals surface area contributed by atoms with Gasteiger partial charge in [0.25, 0.3) is 0 Å². The Labute approximate surface area is 207 Å². The lowest BCUT2D eigenvalue weighted by atomic mass is 10.0. The molecule has 1 heterocycles. The third kappa shape index (κ3) is 5.07. The van der Waals surface area contributed by atoms with Crippen LogP contribution in [0.5, 0.6) is 0 Å². The number of hydrogen-bond acceptors (Lipinski definition) is 3. The van der Waals surface area contributed by atoms with Gasteiger partial charge in [-0.25, -0.2) is 14.0 Å². The molecular weight excluding hydrogens is 461 g/mol. The Morgan fingerprint density at radius 1 is 0.861 bits per heavy atom. The van der Waals surface area contributed by atoms with Crippen LogP contribution in [0.3, 0.4) is 0 Å². The second-order valence-electron chi connectivity index (χ2n) is 9.24. The van der Waals surface area contributed by atoms with Crippen molar-refractivity contribution in [3.05, 3.63) is 83.7 Å². The molecule has 3 N–H and O–H groups in total. The first kappa shape index (κ1) is 23.5. The fourth-order valence-electron chi connectivity index (χ4n) is 4.55. The van der Waals surface area contributed by atoms with E-state index in [1.54, 1.807) is 42.5 Å². The molecule has 0 spiro atoms. The summed E-state index contributed by atoms with van der Waals surface area (Å²) < 4.78 is 14.5. The number of nitrogens with one attached hydrogen (secondary N) is 2. The van der Waals surface area contributed by atoms with Gasteiger partial charge in [0, 0.05) is 12.2 Å². The number of carbonyl (C=O) groups excluding carboxylic acids is 2. The summed E-state index contributed by atoms with van der Waals surface area (Å²) >= 11 is 0. The van der Waals surface area contributed by atoms with E-state index in [0.717, 1.165) is 29.5 Å². The average molecular weight is 488 g/mol. The summed E-state index contributed by atoms with van der Waals surface area (Å²) in [6, 6.07) is 17.5. The smallest absolute Gasteiger partial charge is 0.335 e. The molecule has 36 heavy (non-hydrogen) atoms. The van der Waals surface area contributed by atoms with E-state index in [-0.39, 0.29) is 17.2 Å². The zero-order valence-corrected chi connectivity index (χ0v) is 19.5. The highest BCUT2D eigenvalue weighted by Crippen LogP contribution is 2.40. The monoisotopic (exact) mass is 487 g/mol. The van der Waals surface area contributed by atoms with Crippen LogP contribution in [-0.2, 0) is 4.79 Å². The molecule has 7 nitrogen and oxygen atoms in total. The number of aromatic carboxylic acids is 1. The van der Waals surface area contributed by atoms with Crippen molar-refractivity contribution < 1.29 is 23.9 Å². The van der Waals surface area contributed by atoms with E-state index >= 15 is 0 Å². The van der Waals surface area contributed by atoms with Crippen molar-refractivity contribution in [3.8, 4) is 11.1 Å². The van der Waals surface area contributed by atoms with Gasteiger partial charge in [-0.05, 0) is 84.7 Å². The molecule has 184 valence electrons. The third-order valence-electron chi connectivity index (χ3n) is 6.72. The van der Waals surface area contributed by atoms with Gasteiger partial charge in [0.2, 0.25) is 5.91 Å². The van der Waals surface area contributed by atoms with Crippen molar-refractivity contribution in [1.82, 2.24) is 4.90 Å². The minimum absolute atomic E-state index is 0.113. The van der Waals surface area contributed by atoms with E-state index in [0.29, 0.717) is 31.0 Å². The van der Waals surface area contributed by atoms with Crippen LogP contribution in [0.25, 0.3) is 11.1 Å². The minimum atomic E-state index is -0.981. The molecule has 1 aliphatic heterocycles. The second-order valence-corrected chi connectivity index (χ2v) is 9.24. The maximum absolute atomic E-state index is 14.5. The van der Waals surface area contributed by atoms with Crippen molar-refractivity contribution >= 4 is 29.3 Å². The molecule has 1 atom stereocenters. The molecule has 5 rings (SSSR count). The molecule has 8 heteroatoms. The molecular formula is C28H26FN3O4. The number of carbonyl (C=O) groups is 3. The number of nitrogens with zero attached hydrogens (tertiary/aromatic N) is 1. The van der Waals surface area contributed by atoms with Crippen LogP contribution in [0.2, 0.25) is 0 Å². The fourth-order valence-corrected chi connectivity index (χ4v) is 4.55. The van der Waals surface area contributed by atoms with Crippen LogP contribution < -0.4 is 10.6 Å². The number of rotatable bonds is 6. The SMILES string of the molecule is O=C(O)c1ccc(-c2ccc(NC(=O)[C@H]3CCCN3C(=O)Nc3ccc(C4CC4)cc3F)cc2)cc1. The van der Waals surface area contributed by atoms with E-state index < -0.39 is 23.9 Å². The minimum Gasteiger partial charge on any atom is -0.478 e. The summed E-state index contributed by atoms with van der Waals surface area (Å²) in [5.74, 6) is -1.33. The van der Waals surface area contributed by atoms with E-state index in [1.165, 1.54) is 11.0 Å². The van der Waals surface area contributed by atoms with Gasteiger partial charge in [-0.1, -0.05) is 30.3 Å². The normalized spacial score (nSPS) is 17.0. The molecule has 0 radical (unpaired) electrons. The van der Waals surface area contributed by atoms with Gasteiger partial charge < -0.3 is 20.6 Å². The van der Waals surface area contributed by atoms with Crippen molar-refractivity contribution in [2.75, 3.05) is 17.2 Å². The van der Waals surface area contributed by atoms with Gasteiger partial charge >= 0.3 is 12.0 Å². The predicted octanol–water partition coefficient (Wildman–Crippen LogP) is 5.70. The van der Waals surface area contributed by atoms with E-state index in [9.17, 15) is 18.8 Å². The van der Waals surface area contributed by atoms with Gasteiger partial charge in [-0.2, -0.15) is 0 Å². The quantitative estimate of drug-likeness (QED) is 0.415. The van der Waals surface area contributed by atoms with Gasteiger partial charge in [-0.3, -0.25) is 4.79 Å². The van der Waals surface area contributed by atoms with Crippen LogP contribution in [0.15, 0.2) is 66.7 Å². The number of carboxylic acid groups (broad SMARTS) is 1.